The molecule has 3 heterocycles. The molecular formula is C25H21ClFN3O2S. The maximum absolute atomic E-state index is 13.6. The number of rotatable bonds is 5. The highest BCUT2D eigenvalue weighted by molar-refractivity contribution is 7.16. The summed E-state index contributed by atoms with van der Waals surface area (Å²) in [6.45, 7) is 2.62. The van der Waals surface area contributed by atoms with Crippen LogP contribution in [0.25, 0.3) is 10.2 Å². The van der Waals surface area contributed by atoms with Crippen molar-refractivity contribution in [3.8, 4) is 0 Å². The Bertz CT molecular complexity index is 1350. The van der Waals surface area contributed by atoms with Crippen LogP contribution in [0.2, 0.25) is 5.02 Å². The highest BCUT2D eigenvalue weighted by atomic mass is 35.5. The van der Waals surface area contributed by atoms with E-state index in [1.165, 1.54) is 12.1 Å². The van der Waals surface area contributed by atoms with Gasteiger partial charge in [-0.2, -0.15) is 0 Å². The van der Waals surface area contributed by atoms with Gasteiger partial charge in [0.05, 0.1) is 6.54 Å². The van der Waals surface area contributed by atoms with Gasteiger partial charge in [-0.1, -0.05) is 35.9 Å². The maximum atomic E-state index is 13.6. The minimum atomic E-state index is -1.14. The van der Waals surface area contributed by atoms with Gasteiger partial charge in [0.25, 0.3) is 5.91 Å². The second-order valence-electron chi connectivity index (χ2n) is 8.40. The summed E-state index contributed by atoms with van der Waals surface area (Å²) in [6.07, 6.45) is 0. The Morgan fingerprint density at radius 3 is 2.55 bits per heavy atom. The first-order chi connectivity index (χ1) is 15.8. The molecule has 0 saturated carbocycles. The molecule has 8 heteroatoms. The highest BCUT2D eigenvalue weighted by Crippen LogP contribution is 2.35. The topological polar surface area (TPSA) is 54.3 Å². The van der Waals surface area contributed by atoms with Gasteiger partial charge in [-0.05, 0) is 59.8 Å². The summed E-state index contributed by atoms with van der Waals surface area (Å²) < 4.78 is 15.4. The lowest BCUT2D eigenvalue weighted by atomic mass is 9.93. The SMILES string of the molecule is C[C@]1(C(=O)NCc2ccc(Cl)cc2)Cn2c(cc3ccsc32)C(=O)N1Cc1ccc(F)cc1. The van der Waals surface area contributed by atoms with Crippen molar-refractivity contribution in [2.45, 2.75) is 32.1 Å². The lowest BCUT2D eigenvalue weighted by Crippen LogP contribution is -2.63. The molecule has 0 bridgehead atoms. The van der Waals surface area contributed by atoms with Gasteiger partial charge in [0.1, 0.15) is 21.9 Å². The normalized spacial score (nSPS) is 17.9. The molecule has 4 aromatic rings. The molecule has 1 atom stereocenters. The number of fused-ring (bicyclic) bond motifs is 3. The van der Waals surface area contributed by atoms with Crippen LogP contribution in [0, 0.1) is 5.82 Å². The first-order valence-corrected chi connectivity index (χ1v) is 11.8. The van der Waals surface area contributed by atoms with Crippen LogP contribution in [-0.4, -0.2) is 26.8 Å². The molecule has 0 radical (unpaired) electrons. The Labute approximate surface area is 199 Å². The van der Waals surface area contributed by atoms with E-state index in [2.05, 4.69) is 5.32 Å². The number of carbonyl (C=O) groups excluding carboxylic acids is 2. The van der Waals surface area contributed by atoms with E-state index in [0.29, 0.717) is 23.8 Å². The molecule has 2 amide bonds. The Balaban J connectivity index is 1.49. The van der Waals surface area contributed by atoms with Gasteiger partial charge in [-0.25, -0.2) is 4.39 Å². The van der Waals surface area contributed by atoms with Gasteiger partial charge in [-0.15, -0.1) is 11.3 Å². The molecule has 0 saturated heterocycles. The van der Waals surface area contributed by atoms with Crippen LogP contribution < -0.4 is 5.32 Å². The number of nitrogens with one attached hydrogen (secondary N) is 1. The zero-order valence-corrected chi connectivity index (χ0v) is 19.4. The zero-order valence-electron chi connectivity index (χ0n) is 17.8. The van der Waals surface area contributed by atoms with Crippen molar-refractivity contribution in [3.63, 3.8) is 0 Å². The predicted molar refractivity (Wildman–Crippen MR) is 128 cm³/mol. The van der Waals surface area contributed by atoms with E-state index in [4.69, 9.17) is 11.6 Å². The number of hydrogen-bond donors (Lipinski definition) is 1. The van der Waals surface area contributed by atoms with Crippen molar-refractivity contribution in [2.24, 2.45) is 0 Å². The first kappa shape index (κ1) is 21.7. The van der Waals surface area contributed by atoms with Crippen LogP contribution >= 0.6 is 22.9 Å². The molecule has 168 valence electrons. The maximum Gasteiger partial charge on any atom is 0.271 e. The summed E-state index contributed by atoms with van der Waals surface area (Å²) in [5, 5.41) is 6.58. The number of nitrogens with zero attached hydrogens (tertiary/aromatic N) is 2. The number of thiophene rings is 1. The Morgan fingerprint density at radius 1 is 1.12 bits per heavy atom. The summed E-state index contributed by atoms with van der Waals surface area (Å²) >= 11 is 7.51. The fourth-order valence-electron chi connectivity index (χ4n) is 4.25. The van der Waals surface area contributed by atoms with Gasteiger partial charge in [-0.3, -0.25) is 9.59 Å². The van der Waals surface area contributed by atoms with Crippen molar-refractivity contribution in [1.82, 2.24) is 14.8 Å². The molecule has 1 aliphatic rings. The Hall–Kier alpha value is -3.16. The summed E-state index contributed by atoms with van der Waals surface area (Å²) in [6, 6.07) is 17.1. The van der Waals surface area contributed by atoms with E-state index in [0.717, 1.165) is 21.3 Å². The molecule has 5 rings (SSSR count). The fraction of sp³-hybridized carbons (Fsp3) is 0.200. The van der Waals surface area contributed by atoms with Crippen LogP contribution in [0.3, 0.4) is 0 Å². The lowest BCUT2D eigenvalue weighted by molar-refractivity contribution is -0.133. The van der Waals surface area contributed by atoms with Gasteiger partial charge in [0.15, 0.2) is 0 Å². The smallest absolute Gasteiger partial charge is 0.271 e. The van der Waals surface area contributed by atoms with E-state index in [1.807, 2.05) is 34.2 Å². The molecule has 0 spiro atoms. The van der Waals surface area contributed by atoms with E-state index in [9.17, 15) is 14.0 Å². The molecule has 0 unspecified atom stereocenters. The summed E-state index contributed by atoms with van der Waals surface area (Å²) in [7, 11) is 0. The zero-order chi connectivity index (χ0) is 23.2. The minimum Gasteiger partial charge on any atom is -0.350 e. The molecule has 2 aromatic heterocycles. The molecule has 5 nitrogen and oxygen atoms in total. The lowest BCUT2D eigenvalue weighted by Gasteiger charge is -2.44. The number of benzene rings is 2. The van der Waals surface area contributed by atoms with Gasteiger partial charge in [0.2, 0.25) is 5.91 Å². The molecule has 1 aliphatic heterocycles. The Morgan fingerprint density at radius 2 is 1.82 bits per heavy atom. The number of carbonyl (C=O) groups is 2. The van der Waals surface area contributed by atoms with E-state index in [1.54, 1.807) is 47.4 Å². The van der Waals surface area contributed by atoms with Crippen molar-refractivity contribution < 1.29 is 14.0 Å². The monoisotopic (exact) mass is 481 g/mol. The molecule has 0 aliphatic carbocycles. The van der Waals surface area contributed by atoms with Crippen LogP contribution in [0.4, 0.5) is 4.39 Å². The van der Waals surface area contributed by atoms with Crippen LogP contribution in [0.5, 0.6) is 0 Å². The predicted octanol–water partition coefficient (Wildman–Crippen LogP) is 5.23. The minimum absolute atomic E-state index is 0.197. The summed E-state index contributed by atoms with van der Waals surface area (Å²) in [4.78, 5) is 29.8. The standard InChI is InChI=1S/C25H21ClFN3O2S/c1-25(24(32)28-13-16-2-6-19(26)7-3-16)15-29-21(12-18-10-11-33-23(18)29)22(31)30(25)14-17-4-8-20(27)9-5-17/h2-12H,13-15H2,1H3,(H,28,32)/t25-/m1/s1. The second-order valence-corrected chi connectivity index (χ2v) is 9.73. The number of hydrogen-bond acceptors (Lipinski definition) is 3. The molecule has 0 fully saturated rings. The first-order valence-electron chi connectivity index (χ1n) is 10.5. The third-order valence-corrected chi connectivity index (χ3v) is 7.34. The average molecular weight is 482 g/mol. The van der Waals surface area contributed by atoms with Crippen molar-refractivity contribution in [1.29, 1.82) is 0 Å². The summed E-state index contributed by atoms with van der Waals surface area (Å²) in [5.74, 6) is -0.823. The largest absolute Gasteiger partial charge is 0.350 e. The quantitative estimate of drug-likeness (QED) is 0.424. The van der Waals surface area contributed by atoms with E-state index < -0.39 is 5.54 Å². The van der Waals surface area contributed by atoms with Gasteiger partial charge >= 0.3 is 0 Å². The van der Waals surface area contributed by atoms with Gasteiger partial charge in [0, 0.05) is 23.5 Å². The van der Waals surface area contributed by atoms with Crippen LogP contribution in [0.15, 0.2) is 66.0 Å². The van der Waals surface area contributed by atoms with E-state index >= 15 is 0 Å². The summed E-state index contributed by atoms with van der Waals surface area (Å²) in [5.41, 5.74) is 1.08. The molecule has 1 N–H and O–H groups in total. The third-order valence-electron chi connectivity index (χ3n) is 6.14. The van der Waals surface area contributed by atoms with Crippen molar-refractivity contribution in [2.75, 3.05) is 0 Å². The van der Waals surface area contributed by atoms with Crippen LogP contribution in [-0.2, 0) is 24.4 Å². The van der Waals surface area contributed by atoms with E-state index in [-0.39, 0.29) is 24.2 Å². The molecule has 2 aromatic carbocycles. The molecular weight excluding hydrogens is 461 g/mol. The molecule has 33 heavy (non-hydrogen) atoms. The number of amides is 2. The fourth-order valence-corrected chi connectivity index (χ4v) is 5.28. The van der Waals surface area contributed by atoms with Gasteiger partial charge < -0.3 is 14.8 Å². The van der Waals surface area contributed by atoms with Crippen LogP contribution in [0.1, 0.15) is 28.5 Å². The average Bonchev–Trinajstić information content (AvgIpc) is 3.40. The third kappa shape index (κ3) is 3.92. The Kier molecular flexibility index (Phi) is 5.46. The number of aromatic nitrogens is 1. The van der Waals surface area contributed by atoms with Crippen molar-refractivity contribution in [3.05, 3.63) is 93.7 Å². The highest BCUT2D eigenvalue weighted by Gasteiger charge is 2.47. The second kappa shape index (κ2) is 8.32. The van der Waals surface area contributed by atoms with Crippen molar-refractivity contribution >= 4 is 45.0 Å². The number of halogens is 2.